The molecule has 1 amide bonds. The highest BCUT2D eigenvalue weighted by Gasteiger charge is 2.02. The fraction of sp³-hybridized carbons (Fsp3) is 0.105. The molecule has 3 rings (SSSR count). The molecule has 3 heteroatoms. The molecule has 0 fully saturated rings. The van der Waals surface area contributed by atoms with Crippen LogP contribution >= 0.6 is 0 Å². The molecule has 1 N–H and O–H groups in total. The van der Waals surface area contributed by atoms with E-state index in [-0.39, 0.29) is 5.91 Å². The fourth-order valence-electron chi connectivity index (χ4n) is 2.22. The van der Waals surface area contributed by atoms with Crippen molar-refractivity contribution in [1.82, 2.24) is 0 Å². The summed E-state index contributed by atoms with van der Waals surface area (Å²) in [5, 5.41) is 3.85. The van der Waals surface area contributed by atoms with E-state index in [1.165, 1.54) is 6.08 Å². The van der Waals surface area contributed by atoms with E-state index in [0.717, 1.165) is 27.8 Å². The van der Waals surface area contributed by atoms with Gasteiger partial charge in [-0.3, -0.25) is 4.79 Å². The number of carbonyl (C=O) groups excluding carboxylic acids is 1. The highest BCUT2D eigenvalue weighted by Crippen LogP contribution is 2.21. The maximum atomic E-state index is 11.9. The molecule has 3 nitrogen and oxygen atoms in total. The Morgan fingerprint density at radius 3 is 2.50 bits per heavy atom. The van der Waals surface area contributed by atoms with Gasteiger partial charge in [0.15, 0.2) is 0 Å². The second-order valence-corrected chi connectivity index (χ2v) is 5.38. The Bertz CT molecular complexity index is 842. The molecule has 3 aromatic rings. The summed E-state index contributed by atoms with van der Waals surface area (Å²) >= 11 is 0. The molecular weight excluding hydrogens is 274 g/mol. The van der Waals surface area contributed by atoms with Gasteiger partial charge in [0.2, 0.25) is 5.91 Å². The Hall–Kier alpha value is -2.81. The van der Waals surface area contributed by atoms with Gasteiger partial charge in [-0.2, -0.15) is 0 Å². The summed E-state index contributed by atoms with van der Waals surface area (Å²) in [7, 11) is 0. The molecular formula is C19H17NO2. The van der Waals surface area contributed by atoms with Gasteiger partial charge in [-0.25, -0.2) is 0 Å². The van der Waals surface area contributed by atoms with Crippen LogP contribution < -0.4 is 5.32 Å². The molecule has 0 bridgehead atoms. The van der Waals surface area contributed by atoms with Gasteiger partial charge >= 0.3 is 0 Å². The molecule has 22 heavy (non-hydrogen) atoms. The van der Waals surface area contributed by atoms with Gasteiger partial charge in [0, 0.05) is 17.1 Å². The summed E-state index contributed by atoms with van der Waals surface area (Å²) in [5.41, 5.74) is 3.92. The van der Waals surface area contributed by atoms with Gasteiger partial charge in [-0.05, 0) is 49.8 Å². The lowest BCUT2D eigenvalue weighted by molar-refractivity contribution is -0.111. The number of hydrogen-bond acceptors (Lipinski definition) is 2. The first-order valence-electron chi connectivity index (χ1n) is 7.16. The van der Waals surface area contributed by atoms with Crippen LogP contribution in [0.3, 0.4) is 0 Å². The normalized spacial score (nSPS) is 11.2. The largest absolute Gasteiger partial charge is 0.457 e. The summed E-state index contributed by atoms with van der Waals surface area (Å²) < 4.78 is 5.70. The van der Waals surface area contributed by atoms with Crippen LogP contribution in [0.1, 0.15) is 16.9 Å². The van der Waals surface area contributed by atoms with Gasteiger partial charge in [0.25, 0.3) is 0 Å². The third-order valence-electron chi connectivity index (χ3n) is 3.41. The molecule has 1 heterocycles. The molecule has 0 aliphatic heterocycles. The zero-order chi connectivity index (χ0) is 15.5. The van der Waals surface area contributed by atoms with Crippen LogP contribution in [0.5, 0.6) is 0 Å². The minimum Gasteiger partial charge on any atom is -0.457 e. The second kappa shape index (κ2) is 5.90. The summed E-state index contributed by atoms with van der Waals surface area (Å²) in [6.07, 6.45) is 3.16. The average Bonchev–Trinajstić information content (AvgIpc) is 2.89. The van der Waals surface area contributed by atoms with Crippen LogP contribution in [0.25, 0.3) is 17.0 Å². The number of fused-ring (bicyclic) bond motifs is 1. The third kappa shape index (κ3) is 3.26. The first kappa shape index (κ1) is 14.1. The maximum absolute atomic E-state index is 11.9. The highest BCUT2D eigenvalue weighted by atomic mass is 16.3. The molecule has 0 aliphatic carbocycles. The van der Waals surface area contributed by atoms with Gasteiger partial charge in [-0.1, -0.05) is 29.8 Å². The van der Waals surface area contributed by atoms with Crippen molar-refractivity contribution < 1.29 is 9.21 Å². The SMILES string of the molecule is Cc1ccc(NC(=O)/C=C/c2cc3ccc(C)cc3o2)cc1. The molecule has 0 aliphatic rings. The van der Waals surface area contributed by atoms with Crippen LogP contribution in [0.2, 0.25) is 0 Å². The Kier molecular flexibility index (Phi) is 3.79. The van der Waals surface area contributed by atoms with Crippen LogP contribution in [0.15, 0.2) is 59.0 Å². The molecule has 1 aromatic heterocycles. The number of anilines is 1. The van der Waals surface area contributed by atoms with Gasteiger partial charge in [0.05, 0.1) is 0 Å². The number of benzene rings is 2. The van der Waals surface area contributed by atoms with E-state index in [9.17, 15) is 4.79 Å². The minimum absolute atomic E-state index is 0.180. The van der Waals surface area contributed by atoms with Gasteiger partial charge < -0.3 is 9.73 Å². The predicted octanol–water partition coefficient (Wildman–Crippen LogP) is 4.70. The Labute approximate surface area is 129 Å². The lowest BCUT2D eigenvalue weighted by atomic mass is 10.2. The summed E-state index contributed by atoms with van der Waals surface area (Å²) in [6, 6.07) is 15.6. The number of carbonyl (C=O) groups is 1. The van der Waals surface area contributed by atoms with Crippen molar-refractivity contribution in [3.63, 3.8) is 0 Å². The topological polar surface area (TPSA) is 42.2 Å². The van der Waals surface area contributed by atoms with Crippen LogP contribution in [-0.2, 0) is 4.79 Å². The Balaban J connectivity index is 1.71. The van der Waals surface area contributed by atoms with Crippen molar-refractivity contribution in [2.24, 2.45) is 0 Å². The molecule has 0 saturated heterocycles. The van der Waals surface area contributed by atoms with Crippen molar-refractivity contribution in [3.05, 3.63) is 71.5 Å². The molecule has 2 aromatic carbocycles. The number of amides is 1. The molecule has 0 saturated carbocycles. The zero-order valence-corrected chi connectivity index (χ0v) is 12.6. The lowest BCUT2D eigenvalue weighted by Gasteiger charge is -2.01. The fourth-order valence-corrected chi connectivity index (χ4v) is 2.22. The Morgan fingerprint density at radius 2 is 1.73 bits per heavy atom. The van der Waals surface area contributed by atoms with E-state index >= 15 is 0 Å². The van der Waals surface area contributed by atoms with Crippen LogP contribution in [0, 0.1) is 13.8 Å². The first-order valence-corrected chi connectivity index (χ1v) is 7.16. The average molecular weight is 291 g/mol. The van der Waals surface area contributed by atoms with Crippen molar-refractivity contribution in [2.75, 3.05) is 5.32 Å². The molecule has 0 atom stereocenters. The lowest BCUT2D eigenvalue weighted by Crippen LogP contribution is -2.07. The van der Waals surface area contributed by atoms with E-state index in [4.69, 9.17) is 4.42 Å². The Morgan fingerprint density at radius 1 is 1.00 bits per heavy atom. The molecule has 110 valence electrons. The molecule has 0 unspecified atom stereocenters. The van der Waals surface area contributed by atoms with Crippen LogP contribution in [-0.4, -0.2) is 5.91 Å². The molecule has 0 radical (unpaired) electrons. The molecule has 0 spiro atoms. The van der Waals surface area contributed by atoms with E-state index in [2.05, 4.69) is 5.32 Å². The maximum Gasteiger partial charge on any atom is 0.248 e. The van der Waals surface area contributed by atoms with Gasteiger partial charge in [-0.15, -0.1) is 0 Å². The van der Waals surface area contributed by atoms with Crippen molar-refractivity contribution in [1.29, 1.82) is 0 Å². The third-order valence-corrected chi connectivity index (χ3v) is 3.41. The highest BCUT2D eigenvalue weighted by molar-refractivity contribution is 6.02. The van der Waals surface area contributed by atoms with Crippen molar-refractivity contribution in [3.8, 4) is 0 Å². The number of hydrogen-bond donors (Lipinski definition) is 1. The predicted molar refractivity (Wildman–Crippen MR) is 89.8 cm³/mol. The van der Waals surface area contributed by atoms with E-state index in [1.54, 1.807) is 6.08 Å². The number of furan rings is 1. The summed E-state index contributed by atoms with van der Waals surface area (Å²) in [6.45, 7) is 4.03. The summed E-state index contributed by atoms with van der Waals surface area (Å²) in [4.78, 5) is 11.9. The minimum atomic E-state index is -0.180. The van der Waals surface area contributed by atoms with Gasteiger partial charge in [0.1, 0.15) is 11.3 Å². The van der Waals surface area contributed by atoms with Crippen LogP contribution in [0.4, 0.5) is 5.69 Å². The van der Waals surface area contributed by atoms with E-state index < -0.39 is 0 Å². The number of nitrogens with one attached hydrogen (secondary N) is 1. The standard InChI is InChI=1S/C19H17NO2/c1-13-4-7-16(8-5-13)20-19(21)10-9-17-12-15-6-3-14(2)11-18(15)22-17/h3-12H,1-2H3,(H,20,21)/b10-9+. The first-order chi connectivity index (χ1) is 10.6. The monoisotopic (exact) mass is 291 g/mol. The zero-order valence-electron chi connectivity index (χ0n) is 12.6. The summed E-state index contributed by atoms with van der Waals surface area (Å²) in [5.74, 6) is 0.486. The quantitative estimate of drug-likeness (QED) is 0.711. The van der Waals surface area contributed by atoms with Crippen molar-refractivity contribution >= 4 is 28.6 Å². The smallest absolute Gasteiger partial charge is 0.248 e. The van der Waals surface area contributed by atoms with E-state index in [0.29, 0.717) is 5.76 Å². The van der Waals surface area contributed by atoms with E-state index in [1.807, 2.05) is 62.4 Å². The van der Waals surface area contributed by atoms with Crippen molar-refractivity contribution in [2.45, 2.75) is 13.8 Å². The number of rotatable bonds is 3. The second-order valence-electron chi connectivity index (χ2n) is 5.38. The number of aryl methyl sites for hydroxylation is 2.